The van der Waals surface area contributed by atoms with Crippen LogP contribution in [0.15, 0.2) is 18.2 Å². The van der Waals surface area contributed by atoms with Gasteiger partial charge in [0.15, 0.2) is 0 Å². The lowest BCUT2D eigenvalue weighted by molar-refractivity contribution is 0.628. The first-order valence-corrected chi connectivity index (χ1v) is 3.24. The van der Waals surface area contributed by atoms with Gasteiger partial charge in [0, 0.05) is 7.05 Å². The number of halogens is 3. The van der Waals surface area contributed by atoms with Crippen molar-refractivity contribution < 1.29 is 4.39 Å². The molecule has 0 radical (unpaired) electrons. The molecule has 0 amide bonds. The van der Waals surface area contributed by atoms with Crippen LogP contribution in [-0.4, -0.2) is 7.05 Å². The number of rotatable bonds is 1. The SMILES string of the molecule is CNc1cc(F)ccc1Cl.Cl. The molecule has 0 aliphatic heterocycles. The summed E-state index contributed by atoms with van der Waals surface area (Å²) in [5.74, 6) is -0.284. The van der Waals surface area contributed by atoms with Gasteiger partial charge in [0.05, 0.1) is 10.7 Å². The number of nitrogens with one attached hydrogen (secondary N) is 1. The van der Waals surface area contributed by atoms with Crippen LogP contribution in [0.4, 0.5) is 10.1 Å². The molecule has 62 valence electrons. The van der Waals surface area contributed by atoms with Crippen molar-refractivity contribution in [3.05, 3.63) is 29.0 Å². The van der Waals surface area contributed by atoms with Gasteiger partial charge in [-0.3, -0.25) is 0 Å². The lowest BCUT2D eigenvalue weighted by Gasteiger charge is -2.00. The molecule has 1 nitrogen and oxygen atoms in total. The van der Waals surface area contributed by atoms with E-state index in [1.54, 1.807) is 7.05 Å². The zero-order valence-corrected chi connectivity index (χ0v) is 7.47. The van der Waals surface area contributed by atoms with Crippen LogP contribution in [0, 0.1) is 5.82 Å². The summed E-state index contributed by atoms with van der Waals surface area (Å²) in [4.78, 5) is 0. The van der Waals surface area contributed by atoms with E-state index in [2.05, 4.69) is 5.32 Å². The van der Waals surface area contributed by atoms with Gasteiger partial charge in [0.1, 0.15) is 5.82 Å². The first-order chi connectivity index (χ1) is 4.74. The molecule has 4 heteroatoms. The molecule has 11 heavy (non-hydrogen) atoms. The first-order valence-electron chi connectivity index (χ1n) is 2.87. The van der Waals surface area contributed by atoms with E-state index in [1.165, 1.54) is 18.2 Å². The largest absolute Gasteiger partial charge is 0.387 e. The molecule has 0 aromatic heterocycles. The maximum absolute atomic E-state index is 12.4. The normalized spacial score (nSPS) is 8.64. The second-order valence-corrected chi connectivity index (χ2v) is 2.28. The minimum absolute atomic E-state index is 0. The summed E-state index contributed by atoms with van der Waals surface area (Å²) in [6, 6.07) is 4.19. The van der Waals surface area contributed by atoms with Crippen molar-refractivity contribution in [3.63, 3.8) is 0 Å². The molecule has 1 aromatic carbocycles. The Bertz CT molecular complexity index is 240. The smallest absolute Gasteiger partial charge is 0.125 e. The maximum Gasteiger partial charge on any atom is 0.125 e. The molecule has 0 spiro atoms. The fraction of sp³-hybridized carbons (Fsp3) is 0.143. The van der Waals surface area contributed by atoms with Crippen molar-refractivity contribution in [3.8, 4) is 0 Å². The summed E-state index contributed by atoms with van der Waals surface area (Å²) in [6.07, 6.45) is 0. The van der Waals surface area contributed by atoms with Crippen LogP contribution < -0.4 is 5.32 Å². The highest BCUT2D eigenvalue weighted by Gasteiger charge is 1.97. The number of hydrogen-bond acceptors (Lipinski definition) is 1. The molecule has 0 saturated carbocycles. The van der Waals surface area contributed by atoms with Crippen molar-refractivity contribution in [1.82, 2.24) is 0 Å². The molecular formula is C7H8Cl2FN. The van der Waals surface area contributed by atoms with E-state index < -0.39 is 0 Å². The molecule has 0 atom stereocenters. The van der Waals surface area contributed by atoms with Crippen molar-refractivity contribution in [2.24, 2.45) is 0 Å². The second-order valence-electron chi connectivity index (χ2n) is 1.87. The summed E-state index contributed by atoms with van der Waals surface area (Å²) in [6.45, 7) is 0. The van der Waals surface area contributed by atoms with Gasteiger partial charge < -0.3 is 5.32 Å². The molecule has 0 aliphatic rings. The second kappa shape index (κ2) is 4.42. The topological polar surface area (TPSA) is 12.0 Å². The van der Waals surface area contributed by atoms with E-state index >= 15 is 0 Å². The van der Waals surface area contributed by atoms with Crippen LogP contribution in [0.1, 0.15) is 0 Å². The van der Waals surface area contributed by atoms with Gasteiger partial charge in [-0.05, 0) is 18.2 Å². The third-order valence-electron chi connectivity index (χ3n) is 1.20. The number of anilines is 1. The minimum atomic E-state index is -0.284. The average molecular weight is 196 g/mol. The van der Waals surface area contributed by atoms with E-state index in [4.69, 9.17) is 11.6 Å². The summed E-state index contributed by atoms with van der Waals surface area (Å²) in [7, 11) is 1.70. The lowest BCUT2D eigenvalue weighted by Crippen LogP contribution is -1.89. The molecule has 0 saturated heterocycles. The van der Waals surface area contributed by atoms with E-state index in [-0.39, 0.29) is 18.2 Å². The standard InChI is InChI=1S/C7H7ClFN.ClH/c1-10-7-4-5(9)2-3-6(7)8;/h2-4,10H,1H3;1H. The van der Waals surface area contributed by atoms with E-state index in [0.717, 1.165) is 0 Å². The van der Waals surface area contributed by atoms with Crippen LogP contribution in [0.2, 0.25) is 5.02 Å². The molecule has 0 fully saturated rings. The van der Waals surface area contributed by atoms with Crippen molar-refractivity contribution in [2.75, 3.05) is 12.4 Å². The Labute approximate surface area is 76.0 Å². The van der Waals surface area contributed by atoms with Crippen LogP contribution in [-0.2, 0) is 0 Å². The van der Waals surface area contributed by atoms with Gasteiger partial charge in [-0.15, -0.1) is 12.4 Å². The van der Waals surface area contributed by atoms with Crippen LogP contribution in [0.3, 0.4) is 0 Å². The first kappa shape index (κ1) is 10.5. The van der Waals surface area contributed by atoms with Crippen LogP contribution in [0.5, 0.6) is 0 Å². The van der Waals surface area contributed by atoms with Crippen molar-refractivity contribution in [2.45, 2.75) is 0 Å². The Morgan fingerprint density at radius 1 is 1.45 bits per heavy atom. The summed E-state index contributed by atoms with van der Waals surface area (Å²) in [5.41, 5.74) is 0.613. The zero-order valence-electron chi connectivity index (χ0n) is 5.90. The Balaban J connectivity index is 0.000001000. The minimum Gasteiger partial charge on any atom is -0.387 e. The van der Waals surface area contributed by atoms with Crippen molar-refractivity contribution >= 4 is 29.7 Å². The third kappa shape index (κ3) is 2.56. The van der Waals surface area contributed by atoms with E-state index in [0.29, 0.717) is 10.7 Å². The fourth-order valence-electron chi connectivity index (χ4n) is 0.689. The Kier molecular flexibility index (Phi) is 4.23. The summed E-state index contributed by atoms with van der Waals surface area (Å²) >= 11 is 5.67. The van der Waals surface area contributed by atoms with Gasteiger partial charge in [0.25, 0.3) is 0 Å². The molecule has 0 aliphatic carbocycles. The van der Waals surface area contributed by atoms with Gasteiger partial charge in [-0.1, -0.05) is 11.6 Å². The van der Waals surface area contributed by atoms with E-state index in [1.807, 2.05) is 0 Å². The fourth-order valence-corrected chi connectivity index (χ4v) is 0.901. The van der Waals surface area contributed by atoms with Gasteiger partial charge >= 0.3 is 0 Å². The molecular weight excluding hydrogens is 188 g/mol. The highest BCUT2D eigenvalue weighted by atomic mass is 35.5. The molecule has 0 unspecified atom stereocenters. The van der Waals surface area contributed by atoms with Gasteiger partial charge in [-0.2, -0.15) is 0 Å². The quantitative estimate of drug-likeness (QED) is 0.727. The highest BCUT2D eigenvalue weighted by Crippen LogP contribution is 2.21. The van der Waals surface area contributed by atoms with Crippen LogP contribution in [0.25, 0.3) is 0 Å². The molecule has 0 heterocycles. The highest BCUT2D eigenvalue weighted by molar-refractivity contribution is 6.33. The third-order valence-corrected chi connectivity index (χ3v) is 1.53. The monoisotopic (exact) mass is 195 g/mol. The maximum atomic E-state index is 12.4. The zero-order chi connectivity index (χ0) is 7.56. The Morgan fingerprint density at radius 3 is 2.55 bits per heavy atom. The predicted molar refractivity (Wildman–Crippen MR) is 48.2 cm³/mol. The Morgan fingerprint density at radius 2 is 2.09 bits per heavy atom. The van der Waals surface area contributed by atoms with E-state index in [9.17, 15) is 4.39 Å². The molecule has 1 rings (SSSR count). The van der Waals surface area contributed by atoms with Gasteiger partial charge in [-0.25, -0.2) is 4.39 Å². The van der Waals surface area contributed by atoms with Crippen LogP contribution >= 0.6 is 24.0 Å². The predicted octanol–water partition coefficient (Wildman–Crippen LogP) is 2.94. The number of benzene rings is 1. The lowest BCUT2D eigenvalue weighted by atomic mass is 10.3. The summed E-state index contributed by atoms with van der Waals surface area (Å²) in [5, 5.41) is 3.30. The average Bonchev–Trinajstić information content (AvgIpc) is 1.94. The van der Waals surface area contributed by atoms with Gasteiger partial charge in [0.2, 0.25) is 0 Å². The molecule has 1 aromatic rings. The van der Waals surface area contributed by atoms with Crippen molar-refractivity contribution in [1.29, 1.82) is 0 Å². The Hall–Kier alpha value is -0.470. The number of hydrogen-bond donors (Lipinski definition) is 1. The summed E-state index contributed by atoms with van der Waals surface area (Å²) < 4.78 is 12.4. The molecule has 0 bridgehead atoms. The molecule has 1 N–H and O–H groups in total.